The van der Waals surface area contributed by atoms with Crippen molar-refractivity contribution in [1.82, 2.24) is 19.9 Å². The highest BCUT2D eigenvalue weighted by Crippen LogP contribution is 2.34. The van der Waals surface area contributed by atoms with E-state index in [9.17, 15) is 0 Å². The fourth-order valence-corrected chi connectivity index (χ4v) is 3.43. The predicted octanol–water partition coefficient (Wildman–Crippen LogP) is 1.85. The molecule has 0 radical (unpaired) electrons. The third kappa shape index (κ3) is 3.12. The molecule has 3 heterocycles. The van der Waals surface area contributed by atoms with Gasteiger partial charge in [0.25, 0.3) is 0 Å². The molecule has 2 aliphatic rings. The molecule has 0 bridgehead atoms. The predicted molar refractivity (Wildman–Crippen MR) is 91.4 cm³/mol. The molecule has 2 aromatic rings. The largest absolute Gasteiger partial charge is 0.454 e. The Morgan fingerprint density at radius 1 is 1.36 bits per heavy atom. The molecule has 25 heavy (non-hydrogen) atoms. The van der Waals surface area contributed by atoms with Crippen molar-refractivity contribution in [2.45, 2.75) is 19.0 Å². The molecule has 132 valence electrons. The Balaban J connectivity index is 1.55. The highest BCUT2D eigenvalue weighted by Gasteiger charge is 2.32. The van der Waals surface area contributed by atoms with Crippen LogP contribution in [0.2, 0.25) is 0 Å². The summed E-state index contributed by atoms with van der Waals surface area (Å²) in [5.41, 5.74) is 3.39. The minimum absolute atomic E-state index is 0.0859. The number of aryl methyl sites for hydroxylation is 1. The van der Waals surface area contributed by atoms with Crippen LogP contribution in [0.15, 0.2) is 30.9 Å². The van der Waals surface area contributed by atoms with E-state index in [1.165, 1.54) is 11.3 Å². The topological polar surface area (TPSA) is 61.6 Å². The second-order valence-corrected chi connectivity index (χ2v) is 6.30. The minimum Gasteiger partial charge on any atom is -0.454 e. The summed E-state index contributed by atoms with van der Waals surface area (Å²) in [6.45, 7) is 6.85. The van der Waals surface area contributed by atoms with Crippen molar-refractivity contribution in [3.8, 4) is 11.5 Å². The Morgan fingerprint density at radius 3 is 3.12 bits per heavy atom. The van der Waals surface area contributed by atoms with Crippen LogP contribution in [-0.4, -0.2) is 46.4 Å². The molecule has 0 spiro atoms. The normalized spacial score (nSPS) is 19.0. The van der Waals surface area contributed by atoms with Crippen molar-refractivity contribution in [3.63, 3.8) is 0 Å². The van der Waals surface area contributed by atoms with Gasteiger partial charge in [0, 0.05) is 26.6 Å². The second-order valence-electron chi connectivity index (χ2n) is 6.30. The number of aromatic nitrogens is 3. The lowest BCUT2D eigenvalue weighted by Gasteiger charge is -2.34. The van der Waals surface area contributed by atoms with E-state index in [2.05, 4.69) is 33.9 Å². The zero-order valence-corrected chi connectivity index (χ0v) is 14.4. The molecule has 0 aliphatic carbocycles. The van der Waals surface area contributed by atoms with Gasteiger partial charge >= 0.3 is 0 Å². The van der Waals surface area contributed by atoms with E-state index in [0.29, 0.717) is 20.0 Å². The van der Waals surface area contributed by atoms with Crippen LogP contribution >= 0.6 is 0 Å². The number of hydrogen-bond donors (Lipinski definition) is 0. The van der Waals surface area contributed by atoms with Crippen molar-refractivity contribution in [2.75, 3.05) is 26.6 Å². The molecule has 0 fully saturated rings. The quantitative estimate of drug-likeness (QED) is 0.590. The van der Waals surface area contributed by atoms with Crippen molar-refractivity contribution >= 4 is 0 Å². The van der Waals surface area contributed by atoms with Gasteiger partial charge in [0.15, 0.2) is 11.5 Å². The van der Waals surface area contributed by atoms with E-state index >= 15 is 0 Å². The van der Waals surface area contributed by atoms with Crippen molar-refractivity contribution in [3.05, 3.63) is 47.8 Å². The number of nitrogens with zero attached hydrogens (tertiary/aromatic N) is 4. The average Bonchev–Trinajstić information content (AvgIpc) is 3.23. The summed E-state index contributed by atoms with van der Waals surface area (Å²) in [5.74, 6) is 1.62. The van der Waals surface area contributed by atoms with E-state index in [4.69, 9.17) is 14.2 Å². The summed E-state index contributed by atoms with van der Waals surface area (Å²) in [5, 5.41) is 8.58. The maximum absolute atomic E-state index is 5.75. The average molecular weight is 342 g/mol. The Labute approximate surface area is 146 Å². The zero-order valence-electron chi connectivity index (χ0n) is 14.4. The number of fused-ring (bicyclic) bond motifs is 2. The summed E-state index contributed by atoms with van der Waals surface area (Å²) in [4.78, 5) is 2.39. The SMILES string of the molecule is C=CCOCC1c2nnn(C)c2CCN1Cc1ccc2c(c1)OCO2. The number of benzene rings is 1. The lowest BCUT2D eigenvalue weighted by atomic mass is 10.0. The third-order valence-corrected chi connectivity index (χ3v) is 4.70. The fourth-order valence-electron chi connectivity index (χ4n) is 3.43. The van der Waals surface area contributed by atoms with Gasteiger partial charge < -0.3 is 14.2 Å². The van der Waals surface area contributed by atoms with Crippen LogP contribution in [0, 0.1) is 0 Å². The highest BCUT2D eigenvalue weighted by molar-refractivity contribution is 5.44. The maximum Gasteiger partial charge on any atom is 0.231 e. The molecule has 4 rings (SSSR count). The van der Waals surface area contributed by atoms with Crippen LogP contribution < -0.4 is 9.47 Å². The van der Waals surface area contributed by atoms with Gasteiger partial charge in [-0.1, -0.05) is 17.4 Å². The molecule has 0 saturated heterocycles. The summed E-state index contributed by atoms with van der Waals surface area (Å²) in [7, 11) is 1.95. The standard InChI is InChI=1S/C18H22N4O3/c1-3-8-23-11-15-18-14(21(2)20-19-18)6-7-22(15)10-13-4-5-16-17(9-13)25-12-24-16/h3-5,9,15H,1,6-8,10-12H2,2H3. The van der Waals surface area contributed by atoms with E-state index < -0.39 is 0 Å². The first-order valence-electron chi connectivity index (χ1n) is 8.46. The molecule has 7 heteroatoms. The van der Waals surface area contributed by atoms with Gasteiger partial charge in [0.1, 0.15) is 5.69 Å². The first-order valence-corrected chi connectivity index (χ1v) is 8.46. The van der Waals surface area contributed by atoms with Crippen LogP contribution in [0.1, 0.15) is 23.0 Å². The molecule has 2 aliphatic heterocycles. The molecule has 1 unspecified atom stereocenters. The summed E-state index contributed by atoms with van der Waals surface area (Å²) in [6, 6.07) is 6.19. The Bertz CT molecular complexity index is 774. The van der Waals surface area contributed by atoms with E-state index in [1.54, 1.807) is 6.08 Å². The smallest absolute Gasteiger partial charge is 0.231 e. The lowest BCUT2D eigenvalue weighted by Crippen LogP contribution is -2.38. The highest BCUT2D eigenvalue weighted by atomic mass is 16.7. The molecule has 0 N–H and O–H groups in total. The Morgan fingerprint density at radius 2 is 2.24 bits per heavy atom. The molecule has 7 nitrogen and oxygen atoms in total. The molecule has 1 aromatic heterocycles. The Hall–Kier alpha value is -2.38. The van der Waals surface area contributed by atoms with Gasteiger partial charge in [-0.15, -0.1) is 11.7 Å². The maximum atomic E-state index is 5.75. The first kappa shape index (κ1) is 16.1. The van der Waals surface area contributed by atoms with Gasteiger partial charge in [-0.25, -0.2) is 0 Å². The molecule has 0 amide bonds. The molecule has 1 aromatic carbocycles. The molecular weight excluding hydrogens is 320 g/mol. The fraction of sp³-hybridized carbons (Fsp3) is 0.444. The van der Waals surface area contributed by atoms with Crippen molar-refractivity contribution < 1.29 is 14.2 Å². The van der Waals surface area contributed by atoms with Crippen molar-refractivity contribution in [1.29, 1.82) is 0 Å². The zero-order chi connectivity index (χ0) is 17.2. The third-order valence-electron chi connectivity index (χ3n) is 4.70. The first-order chi connectivity index (χ1) is 12.3. The van der Waals surface area contributed by atoms with Gasteiger partial charge in [0.05, 0.1) is 24.9 Å². The summed E-state index contributed by atoms with van der Waals surface area (Å²) >= 11 is 0. The van der Waals surface area contributed by atoms with Crippen molar-refractivity contribution in [2.24, 2.45) is 7.05 Å². The Kier molecular flexibility index (Phi) is 4.42. The van der Waals surface area contributed by atoms with Crippen LogP contribution in [0.25, 0.3) is 0 Å². The van der Waals surface area contributed by atoms with Crippen LogP contribution in [0.3, 0.4) is 0 Å². The van der Waals surface area contributed by atoms with E-state index in [1.807, 2.05) is 17.8 Å². The van der Waals surface area contributed by atoms with Gasteiger partial charge in [-0.2, -0.15) is 0 Å². The van der Waals surface area contributed by atoms with E-state index in [-0.39, 0.29) is 6.04 Å². The van der Waals surface area contributed by atoms with Crippen LogP contribution in [0.5, 0.6) is 11.5 Å². The molecule has 1 atom stereocenters. The summed E-state index contributed by atoms with van der Waals surface area (Å²) in [6.07, 6.45) is 2.70. The lowest BCUT2D eigenvalue weighted by molar-refractivity contribution is 0.0599. The van der Waals surface area contributed by atoms with Gasteiger partial charge in [0.2, 0.25) is 6.79 Å². The second kappa shape index (κ2) is 6.85. The number of rotatable bonds is 6. The van der Waals surface area contributed by atoms with Gasteiger partial charge in [-0.05, 0) is 17.7 Å². The molecular formula is C18H22N4O3. The summed E-state index contributed by atoms with van der Waals surface area (Å²) < 4.78 is 18.5. The monoisotopic (exact) mass is 342 g/mol. The van der Waals surface area contributed by atoms with Crippen LogP contribution in [-0.2, 0) is 24.8 Å². The van der Waals surface area contributed by atoms with Crippen LogP contribution in [0.4, 0.5) is 0 Å². The molecule has 0 saturated carbocycles. The van der Waals surface area contributed by atoms with Gasteiger partial charge in [-0.3, -0.25) is 9.58 Å². The van der Waals surface area contributed by atoms with E-state index in [0.717, 1.165) is 36.7 Å². The minimum atomic E-state index is 0.0859. The number of ether oxygens (including phenoxy) is 3. The number of hydrogen-bond acceptors (Lipinski definition) is 6.